The molecule has 0 radical (unpaired) electrons. The maximum absolute atomic E-state index is 13.9. The van der Waals surface area contributed by atoms with Crippen LogP contribution in [0.1, 0.15) is 25.7 Å². The second-order valence-corrected chi connectivity index (χ2v) is 9.55. The number of benzene rings is 1. The molecule has 2 saturated heterocycles. The predicted molar refractivity (Wildman–Crippen MR) is 125 cm³/mol. The highest BCUT2D eigenvalue weighted by molar-refractivity contribution is 7.11. The lowest BCUT2D eigenvalue weighted by molar-refractivity contribution is -0.137. The second-order valence-electron chi connectivity index (χ2n) is 8.66. The zero-order valence-corrected chi connectivity index (χ0v) is 20.1. The average Bonchev–Trinajstić information content (AvgIpc) is 3.39. The summed E-state index contributed by atoms with van der Waals surface area (Å²) in [5, 5.41) is 2.26. The number of piperazine rings is 1. The van der Waals surface area contributed by atoms with Crippen LogP contribution >= 0.6 is 11.3 Å². The van der Waals surface area contributed by atoms with Crippen LogP contribution in [0.5, 0.6) is 11.6 Å². The van der Waals surface area contributed by atoms with E-state index in [1.54, 1.807) is 21.4 Å². The monoisotopic (exact) mass is 535 g/mol. The number of nitrogens with zero attached hydrogens (tertiary/aromatic N) is 5. The first-order valence-electron chi connectivity index (χ1n) is 11.4. The van der Waals surface area contributed by atoms with Gasteiger partial charge in [-0.2, -0.15) is 13.2 Å². The van der Waals surface area contributed by atoms with Gasteiger partial charge >= 0.3 is 6.18 Å². The molecule has 0 unspecified atom stereocenters. The number of carbonyl (C=O) groups excluding carboxylic acids is 2. The molecule has 2 amide bonds. The topological polar surface area (TPSA) is 78.9 Å². The van der Waals surface area contributed by atoms with E-state index >= 15 is 0 Å². The summed E-state index contributed by atoms with van der Waals surface area (Å²) in [6.07, 6.45) is -1.78. The molecule has 0 saturated carbocycles. The summed E-state index contributed by atoms with van der Waals surface area (Å²) < 4.78 is 57.8. The predicted octanol–water partition coefficient (Wildman–Crippen LogP) is 3.77. The van der Waals surface area contributed by atoms with E-state index in [0.29, 0.717) is 62.5 Å². The fourth-order valence-electron chi connectivity index (χ4n) is 4.23. The smallest absolute Gasteiger partial charge is 0.416 e. The minimum atomic E-state index is -4.64. The molecule has 37 heavy (non-hydrogen) atoms. The Labute approximate surface area is 213 Å². The Morgan fingerprint density at radius 1 is 0.973 bits per heavy atom. The first-order chi connectivity index (χ1) is 17.7. The summed E-state index contributed by atoms with van der Waals surface area (Å²) in [6, 6.07) is 4.80. The van der Waals surface area contributed by atoms with E-state index in [2.05, 4.69) is 14.9 Å². The van der Waals surface area contributed by atoms with Crippen LogP contribution in [-0.2, 0) is 6.18 Å². The summed E-state index contributed by atoms with van der Waals surface area (Å²) in [5.74, 6) is -2.01. The number of halogens is 4. The maximum Gasteiger partial charge on any atom is 0.416 e. The second kappa shape index (κ2) is 10.1. The van der Waals surface area contributed by atoms with E-state index in [1.807, 2.05) is 0 Å². The van der Waals surface area contributed by atoms with Crippen molar-refractivity contribution in [1.82, 2.24) is 24.7 Å². The Balaban J connectivity index is 1.12. The van der Waals surface area contributed by atoms with Gasteiger partial charge in [0.2, 0.25) is 5.88 Å². The van der Waals surface area contributed by atoms with Gasteiger partial charge < -0.3 is 14.5 Å². The van der Waals surface area contributed by atoms with Crippen molar-refractivity contribution < 1.29 is 31.9 Å². The summed E-state index contributed by atoms with van der Waals surface area (Å²) in [7, 11) is 0. The first kappa shape index (κ1) is 25.1. The van der Waals surface area contributed by atoms with E-state index in [9.17, 15) is 27.2 Å². The van der Waals surface area contributed by atoms with Gasteiger partial charge in [-0.3, -0.25) is 14.5 Å². The normalized spacial score (nSPS) is 17.0. The minimum Gasteiger partial charge on any atom is -0.436 e. The SMILES string of the molecule is O=C(c1ccc(Oc2cc(C(F)(F)F)ccc2F)nc1)N1CC(N2CCN(C(=O)c3nccs3)CC2)C1. The number of ether oxygens (including phenoxy) is 1. The van der Waals surface area contributed by atoms with Gasteiger partial charge in [-0.05, 0) is 24.3 Å². The molecule has 3 aromatic rings. The number of pyridine rings is 1. The first-order valence-corrected chi connectivity index (χ1v) is 12.3. The molecule has 13 heteroatoms. The van der Waals surface area contributed by atoms with E-state index in [-0.39, 0.29) is 29.3 Å². The van der Waals surface area contributed by atoms with Gasteiger partial charge in [0.15, 0.2) is 16.6 Å². The summed E-state index contributed by atoms with van der Waals surface area (Å²) in [5.41, 5.74) is -0.759. The number of amides is 2. The van der Waals surface area contributed by atoms with Crippen LogP contribution in [0.15, 0.2) is 48.1 Å². The van der Waals surface area contributed by atoms with Gasteiger partial charge in [-0.15, -0.1) is 11.3 Å². The summed E-state index contributed by atoms with van der Waals surface area (Å²) in [4.78, 5) is 39.0. The van der Waals surface area contributed by atoms with Crippen molar-refractivity contribution in [1.29, 1.82) is 0 Å². The van der Waals surface area contributed by atoms with Crippen molar-refractivity contribution >= 4 is 23.2 Å². The van der Waals surface area contributed by atoms with Crippen LogP contribution in [0, 0.1) is 5.82 Å². The Bertz CT molecular complexity index is 1270. The van der Waals surface area contributed by atoms with E-state index in [1.165, 1.54) is 29.7 Å². The Morgan fingerprint density at radius 2 is 1.73 bits per heavy atom. The average molecular weight is 536 g/mol. The minimum absolute atomic E-state index is 0.0595. The number of carbonyl (C=O) groups is 2. The molecule has 0 atom stereocenters. The third-order valence-corrected chi connectivity index (χ3v) is 7.10. The maximum atomic E-state index is 13.9. The van der Waals surface area contributed by atoms with Crippen LogP contribution in [0.2, 0.25) is 0 Å². The molecule has 5 rings (SSSR count). The van der Waals surface area contributed by atoms with Crippen molar-refractivity contribution in [2.45, 2.75) is 12.2 Å². The lowest BCUT2D eigenvalue weighted by Gasteiger charge is -2.48. The molecule has 4 heterocycles. The Morgan fingerprint density at radius 3 is 2.35 bits per heavy atom. The largest absolute Gasteiger partial charge is 0.436 e. The van der Waals surface area contributed by atoms with Crippen molar-refractivity contribution in [2.75, 3.05) is 39.3 Å². The molecule has 0 bridgehead atoms. The number of hydrogen-bond donors (Lipinski definition) is 0. The number of alkyl halides is 3. The molecule has 0 aliphatic carbocycles. The highest BCUT2D eigenvalue weighted by atomic mass is 32.1. The summed E-state index contributed by atoms with van der Waals surface area (Å²) >= 11 is 1.32. The molecule has 0 spiro atoms. The highest BCUT2D eigenvalue weighted by Crippen LogP contribution is 2.34. The van der Waals surface area contributed by atoms with Crippen LogP contribution in [-0.4, -0.2) is 81.8 Å². The zero-order valence-electron chi connectivity index (χ0n) is 19.3. The third-order valence-electron chi connectivity index (χ3n) is 6.34. The fraction of sp³-hybridized carbons (Fsp3) is 0.333. The van der Waals surface area contributed by atoms with Crippen LogP contribution < -0.4 is 4.74 Å². The molecule has 0 N–H and O–H groups in total. The fourth-order valence-corrected chi connectivity index (χ4v) is 4.83. The lowest BCUT2D eigenvalue weighted by Crippen LogP contribution is -2.64. The summed E-state index contributed by atoms with van der Waals surface area (Å²) in [6.45, 7) is 3.69. The molecule has 1 aromatic carbocycles. The quantitative estimate of drug-likeness (QED) is 0.463. The van der Waals surface area contributed by atoms with Gasteiger partial charge in [0.05, 0.1) is 11.1 Å². The van der Waals surface area contributed by atoms with E-state index in [4.69, 9.17) is 4.74 Å². The van der Waals surface area contributed by atoms with Crippen LogP contribution in [0.4, 0.5) is 17.6 Å². The number of rotatable bonds is 5. The molecule has 2 aromatic heterocycles. The van der Waals surface area contributed by atoms with Crippen LogP contribution in [0.25, 0.3) is 0 Å². The van der Waals surface area contributed by atoms with Gasteiger partial charge in [0, 0.05) is 69.2 Å². The number of likely N-dealkylation sites (tertiary alicyclic amines) is 1. The lowest BCUT2D eigenvalue weighted by atomic mass is 10.0. The van der Waals surface area contributed by atoms with Gasteiger partial charge in [-0.1, -0.05) is 0 Å². The van der Waals surface area contributed by atoms with Crippen LogP contribution in [0.3, 0.4) is 0 Å². The Hall–Kier alpha value is -3.58. The van der Waals surface area contributed by atoms with Crippen molar-refractivity contribution in [3.63, 3.8) is 0 Å². The molecular formula is C24H21F4N5O3S. The molecule has 2 fully saturated rings. The van der Waals surface area contributed by atoms with Crippen molar-refractivity contribution in [3.05, 3.63) is 70.1 Å². The number of hydrogen-bond acceptors (Lipinski definition) is 7. The highest BCUT2D eigenvalue weighted by Gasteiger charge is 2.37. The molecular weight excluding hydrogens is 514 g/mol. The number of aromatic nitrogens is 2. The van der Waals surface area contributed by atoms with Gasteiger partial charge in [0.25, 0.3) is 11.8 Å². The molecule has 2 aliphatic rings. The van der Waals surface area contributed by atoms with Gasteiger partial charge in [-0.25, -0.2) is 14.4 Å². The van der Waals surface area contributed by atoms with E-state index < -0.39 is 23.3 Å². The standard InChI is InChI=1S/C24H21F4N5O3S/c25-18-3-2-16(24(26,27)28)11-19(18)36-20-4-1-15(12-30-20)22(34)33-13-17(14-33)31-6-8-32(9-7-31)23(35)21-29-5-10-37-21/h1-5,10-12,17H,6-9,13-14H2. The van der Waals surface area contributed by atoms with E-state index in [0.717, 1.165) is 0 Å². The molecule has 8 nitrogen and oxygen atoms in total. The van der Waals surface area contributed by atoms with Gasteiger partial charge in [0.1, 0.15) is 0 Å². The third kappa shape index (κ3) is 5.42. The molecule has 194 valence electrons. The van der Waals surface area contributed by atoms with Crippen molar-refractivity contribution in [2.24, 2.45) is 0 Å². The van der Waals surface area contributed by atoms with Crippen molar-refractivity contribution in [3.8, 4) is 11.6 Å². The number of thiazole rings is 1. The Kier molecular flexibility index (Phi) is 6.82. The zero-order chi connectivity index (χ0) is 26.2. The molecule has 2 aliphatic heterocycles.